The van der Waals surface area contributed by atoms with Gasteiger partial charge in [-0.2, -0.15) is 18.2 Å². The zero-order valence-electron chi connectivity index (χ0n) is 15.6. The summed E-state index contributed by atoms with van der Waals surface area (Å²) in [7, 11) is -3.58. The van der Waals surface area contributed by atoms with E-state index in [4.69, 9.17) is 0 Å². The molecule has 0 spiro atoms. The van der Waals surface area contributed by atoms with Gasteiger partial charge in [-0.3, -0.25) is 4.72 Å². The quantitative estimate of drug-likeness (QED) is 0.590. The van der Waals surface area contributed by atoms with E-state index in [0.717, 1.165) is 25.5 Å². The first-order chi connectivity index (χ1) is 13.7. The van der Waals surface area contributed by atoms with Gasteiger partial charge in [0.05, 0.1) is 5.75 Å². The van der Waals surface area contributed by atoms with E-state index in [9.17, 15) is 21.6 Å². The van der Waals surface area contributed by atoms with Gasteiger partial charge >= 0.3 is 6.18 Å². The van der Waals surface area contributed by atoms with Gasteiger partial charge in [0.15, 0.2) is 0 Å². The van der Waals surface area contributed by atoms with Gasteiger partial charge in [0.25, 0.3) is 0 Å². The lowest BCUT2D eigenvalue weighted by atomic mass is 9.93. The number of rotatable bonds is 8. The summed E-state index contributed by atoms with van der Waals surface area (Å²) < 4.78 is 66.0. The lowest BCUT2D eigenvalue weighted by Gasteiger charge is -2.26. The molecule has 2 aromatic rings. The van der Waals surface area contributed by atoms with E-state index >= 15 is 0 Å². The molecule has 0 amide bonds. The van der Waals surface area contributed by atoms with Gasteiger partial charge in [0, 0.05) is 30.5 Å². The van der Waals surface area contributed by atoms with Crippen molar-refractivity contribution in [2.45, 2.75) is 44.9 Å². The maximum absolute atomic E-state index is 13.3. The molecule has 0 saturated heterocycles. The van der Waals surface area contributed by atoms with E-state index in [1.807, 2.05) is 0 Å². The second kappa shape index (κ2) is 8.39. The van der Waals surface area contributed by atoms with Crippen molar-refractivity contribution in [1.29, 1.82) is 0 Å². The fourth-order valence-corrected chi connectivity index (χ4v) is 3.22. The minimum absolute atomic E-state index is 0.0530. The first-order valence-electron chi connectivity index (χ1n) is 9.07. The number of anilines is 3. The van der Waals surface area contributed by atoms with Crippen molar-refractivity contribution < 1.29 is 21.6 Å². The molecule has 0 unspecified atom stereocenters. The van der Waals surface area contributed by atoms with Crippen LogP contribution >= 0.6 is 0 Å². The average molecular weight is 430 g/mol. The molecule has 0 radical (unpaired) electrons. The number of nitrogens with one attached hydrogen (secondary N) is 3. The normalized spacial score (nSPS) is 14.9. The van der Waals surface area contributed by atoms with Crippen LogP contribution < -0.4 is 15.4 Å². The Morgan fingerprint density at radius 2 is 1.97 bits per heavy atom. The molecule has 0 bridgehead atoms. The van der Waals surface area contributed by atoms with Crippen molar-refractivity contribution in [3.63, 3.8) is 0 Å². The molecule has 1 aliphatic rings. The fraction of sp³-hybridized carbons (Fsp3) is 0.471. The third kappa shape index (κ3) is 5.46. The van der Waals surface area contributed by atoms with E-state index < -0.39 is 21.8 Å². The number of halogens is 3. The van der Waals surface area contributed by atoms with Crippen LogP contribution in [0.25, 0.3) is 0 Å². The number of aromatic nitrogens is 3. The second-order valence-electron chi connectivity index (χ2n) is 6.60. The summed E-state index contributed by atoms with van der Waals surface area (Å²) in [6, 6.07) is 3.29. The van der Waals surface area contributed by atoms with Gasteiger partial charge in [-0.25, -0.2) is 18.4 Å². The molecule has 2 aromatic heterocycles. The average Bonchev–Trinajstić information content (AvgIpc) is 2.63. The summed E-state index contributed by atoms with van der Waals surface area (Å²) in [5.74, 6) is -0.375. The number of hydrogen-bond acceptors (Lipinski definition) is 7. The standard InChI is InChI=1S/C17H21F3N6O2S/c1-2-29(27,28)26-14-11(5-4-8-21-14)9-22-15-13(17(18,19)20)10-23-16(25-15)24-12-6-3-7-12/h4-5,8,10,12H,2-3,6-7,9H2,1H3,(H,21,26)(H2,22,23,24,25). The third-order valence-electron chi connectivity index (χ3n) is 4.50. The highest BCUT2D eigenvalue weighted by Crippen LogP contribution is 2.34. The Labute approximate surface area is 166 Å². The van der Waals surface area contributed by atoms with Crippen molar-refractivity contribution in [2.24, 2.45) is 0 Å². The molecule has 3 rings (SSSR count). The summed E-state index contributed by atoms with van der Waals surface area (Å²) in [6.45, 7) is 1.36. The molecule has 29 heavy (non-hydrogen) atoms. The number of alkyl halides is 3. The van der Waals surface area contributed by atoms with Crippen molar-refractivity contribution in [3.05, 3.63) is 35.7 Å². The summed E-state index contributed by atoms with van der Waals surface area (Å²) in [4.78, 5) is 11.7. The largest absolute Gasteiger partial charge is 0.421 e. The maximum atomic E-state index is 13.3. The van der Waals surface area contributed by atoms with Crippen LogP contribution in [0.4, 0.5) is 30.8 Å². The predicted octanol–water partition coefficient (Wildman–Crippen LogP) is 3.23. The molecule has 0 aromatic carbocycles. The molecular weight excluding hydrogens is 409 g/mol. The molecule has 8 nitrogen and oxygen atoms in total. The number of pyridine rings is 1. The van der Waals surface area contributed by atoms with E-state index in [1.165, 1.54) is 13.1 Å². The van der Waals surface area contributed by atoms with Crippen LogP contribution in [-0.2, 0) is 22.7 Å². The predicted molar refractivity (Wildman–Crippen MR) is 103 cm³/mol. The highest BCUT2D eigenvalue weighted by Gasteiger charge is 2.35. The number of sulfonamides is 1. The maximum Gasteiger partial charge on any atom is 0.421 e. The monoisotopic (exact) mass is 430 g/mol. The van der Waals surface area contributed by atoms with Crippen LogP contribution in [-0.4, -0.2) is 35.2 Å². The van der Waals surface area contributed by atoms with Gasteiger partial charge in [0.2, 0.25) is 16.0 Å². The number of nitrogens with zero attached hydrogens (tertiary/aromatic N) is 3. The smallest absolute Gasteiger partial charge is 0.365 e. The van der Waals surface area contributed by atoms with Gasteiger partial charge in [-0.1, -0.05) is 6.07 Å². The molecule has 12 heteroatoms. The van der Waals surface area contributed by atoms with E-state index in [2.05, 4.69) is 30.3 Å². The zero-order chi connectivity index (χ0) is 21.1. The van der Waals surface area contributed by atoms with Gasteiger partial charge in [-0.15, -0.1) is 0 Å². The second-order valence-corrected chi connectivity index (χ2v) is 8.61. The van der Waals surface area contributed by atoms with E-state index in [0.29, 0.717) is 5.56 Å². The van der Waals surface area contributed by atoms with Crippen LogP contribution in [0, 0.1) is 0 Å². The summed E-state index contributed by atoms with van der Waals surface area (Å²) in [5.41, 5.74) is -0.624. The van der Waals surface area contributed by atoms with Crippen molar-refractivity contribution in [2.75, 3.05) is 21.1 Å². The molecular formula is C17H21F3N6O2S. The molecule has 1 saturated carbocycles. The molecule has 1 aliphatic carbocycles. The van der Waals surface area contributed by atoms with Gasteiger partial charge in [-0.05, 0) is 32.3 Å². The minimum Gasteiger partial charge on any atom is -0.365 e. The topological polar surface area (TPSA) is 109 Å². The highest BCUT2D eigenvalue weighted by molar-refractivity contribution is 7.92. The molecule has 3 N–H and O–H groups in total. The zero-order valence-corrected chi connectivity index (χ0v) is 16.4. The SMILES string of the molecule is CCS(=O)(=O)Nc1ncccc1CNc1nc(NC2CCC2)ncc1C(F)(F)F. The van der Waals surface area contributed by atoms with Crippen LogP contribution in [0.5, 0.6) is 0 Å². The highest BCUT2D eigenvalue weighted by atomic mass is 32.2. The minimum atomic E-state index is -4.64. The Morgan fingerprint density at radius 1 is 1.21 bits per heavy atom. The van der Waals surface area contributed by atoms with Gasteiger partial charge in [0.1, 0.15) is 17.2 Å². The Kier molecular flexibility index (Phi) is 6.10. The summed E-state index contributed by atoms with van der Waals surface area (Å²) in [6.07, 6.45) is 0.386. The summed E-state index contributed by atoms with van der Waals surface area (Å²) in [5, 5.41) is 5.66. The van der Waals surface area contributed by atoms with Crippen molar-refractivity contribution >= 4 is 27.6 Å². The third-order valence-corrected chi connectivity index (χ3v) is 5.77. The van der Waals surface area contributed by atoms with Crippen molar-refractivity contribution in [3.8, 4) is 0 Å². The summed E-state index contributed by atoms with van der Waals surface area (Å²) >= 11 is 0. The van der Waals surface area contributed by atoms with E-state index in [-0.39, 0.29) is 35.9 Å². The Hall–Kier alpha value is -2.63. The molecule has 2 heterocycles. The molecule has 0 aliphatic heterocycles. The van der Waals surface area contributed by atoms with Crippen LogP contribution in [0.3, 0.4) is 0 Å². The molecule has 158 valence electrons. The molecule has 0 atom stereocenters. The first-order valence-corrected chi connectivity index (χ1v) is 10.7. The lowest BCUT2D eigenvalue weighted by Crippen LogP contribution is -2.28. The van der Waals surface area contributed by atoms with E-state index in [1.54, 1.807) is 12.1 Å². The van der Waals surface area contributed by atoms with Crippen molar-refractivity contribution in [1.82, 2.24) is 15.0 Å². The van der Waals surface area contributed by atoms with Crippen LogP contribution in [0.1, 0.15) is 37.3 Å². The molecule has 1 fully saturated rings. The first kappa shape index (κ1) is 21.1. The van der Waals surface area contributed by atoms with Crippen LogP contribution in [0.2, 0.25) is 0 Å². The van der Waals surface area contributed by atoms with Gasteiger partial charge < -0.3 is 10.6 Å². The number of hydrogen-bond donors (Lipinski definition) is 3. The lowest BCUT2D eigenvalue weighted by molar-refractivity contribution is -0.137. The Bertz CT molecular complexity index is 964. The van der Waals surface area contributed by atoms with Crippen LogP contribution in [0.15, 0.2) is 24.5 Å². The Balaban J connectivity index is 1.83. The fourth-order valence-electron chi connectivity index (χ4n) is 2.60. The Morgan fingerprint density at radius 3 is 2.59 bits per heavy atom.